The van der Waals surface area contributed by atoms with Gasteiger partial charge in [-0.2, -0.15) is 0 Å². The summed E-state index contributed by atoms with van der Waals surface area (Å²) in [6.45, 7) is 6.23. The fourth-order valence-electron chi connectivity index (χ4n) is 7.77. The number of aliphatic hydroxyl groups excluding tert-OH is 2. The number of hydrogen-bond donors (Lipinski definition) is 11. The van der Waals surface area contributed by atoms with Crippen molar-refractivity contribution in [2.45, 2.75) is 121 Å². The van der Waals surface area contributed by atoms with Crippen LogP contribution in [-0.4, -0.2) is 159 Å². The number of benzene rings is 1. The Morgan fingerprint density at radius 3 is 2.18 bits per heavy atom. The number of aliphatic hydroxyl groups is 2. The number of nitrogens with two attached hydrogens (primary N) is 1. The molecule has 0 bridgehead atoms. The SMILES string of the molecule is CCCOc1ccc2c(C[C@@H]3NC(=O)[C@H]([C@@H](C)[C@@H](O)CO)NC(=O)[C@@H]4CCCN4C(=O)[C@H](CC(N)=O)NC(=O)[C@H](C)NC(=O)CNC(=O)[C@H]([C@@H](C)CC)NC(=O)CNC3=O)c([S+](C)[O-])[nH]c2c1. The van der Waals surface area contributed by atoms with Gasteiger partial charge >= 0.3 is 0 Å². The lowest BCUT2D eigenvalue weighted by molar-refractivity contribution is -0.144. The number of hydrogen-bond acceptors (Lipinski definition) is 13. The molecule has 3 heterocycles. The van der Waals surface area contributed by atoms with E-state index in [1.54, 1.807) is 32.0 Å². The minimum Gasteiger partial charge on any atom is -0.610 e. The zero-order chi connectivity index (χ0) is 49.7. The highest BCUT2D eigenvalue weighted by molar-refractivity contribution is 7.90. The third kappa shape index (κ3) is 14.3. The van der Waals surface area contributed by atoms with E-state index >= 15 is 0 Å². The zero-order valence-corrected chi connectivity index (χ0v) is 39.3. The zero-order valence-electron chi connectivity index (χ0n) is 38.5. The maximum atomic E-state index is 14.5. The van der Waals surface area contributed by atoms with E-state index in [2.05, 4.69) is 42.2 Å². The van der Waals surface area contributed by atoms with Crippen LogP contribution in [0.2, 0.25) is 0 Å². The van der Waals surface area contributed by atoms with E-state index in [0.717, 1.165) is 11.3 Å². The Hall–Kier alpha value is -5.98. The van der Waals surface area contributed by atoms with Gasteiger partial charge in [-0.15, -0.1) is 0 Å². The molecule has 1 aromatic heterocycles. The summed E-state index contributed by atoms with van der Waals surface area (Å²) in [6.07, 6.45) is 0.250. The van der Waals surface area contributed by atoms with Gasteiger partial charge in [-0.25, -0.2) is 0 Å². The van der Waals surface area contributed by atoms with Gasteiger partial charge in [0.1, 0.15) is 48.3 Å². The van der Waals surface area contributed by atoms with Gasteiger partial charge in [-0.1, -0.05) is 34.1 Å². The smallest absolute Gasteiger partial charge is 0.246 e. The molecule has 370 valence electrons. The molecule has 2 fully saturated rings. The highest BCUT2D eigenvalue weighted by atomic mass is 32.2. The van der Waals surface area contributed by atoms with Crippen LogP contribution in [0.4, 0.5) is 0 Å². The van der Waals surface area contributed by atoms with Crippen LogP contribution in [-0.2, 0) is 60.7 Å². The van der Waals surface area contributed by atoms with Crippen LogP contribution in [0, 0.1) is 11.8 Å². The average molecular weight is 961 g/mol. The van der Waals surface area contributed by atoms with Crippen LogP contribution in [0.5, 0.6) is 5.75 Å². The summed E-state index contributed by atoms with van der Waals surface area (Å²) in [5, 5.41) is 38.9. The van der Waals surface area contributed by atoms with E-state index in [9.17, 15) is 57.9 Å². The molecule has 4 rings (SSSR count). The Labute approximate surface area is 390 Å². The Balaban J connectivity index is 1.80. The van der Waals surface area contributed by atoms with Crippen LogP contribution >= 0.6 is 0 Å². The molecule has 10 atom stereocenters. The standard InChI is InChI=1S/C43H64N10O13S/c1-7-14-66-24-11-12-25-26(42(67(6)65)50-27(25)15-24)16-28-38(60)45-19-34(58)51-35(21(3)8-2)40(62)46-18-33(57)47-23(5)37(59)49-29(17-32(44)56)43(64)53-13-9-10-30(53)39(61)52-36(41(63)48-28)22(4)31(55)20-54/h11-12,15,21-23,28-31,35-36,50,54-55H,7-10,13-14,16-20H2,1-6H3,(H2,44,56)(H,45,60)(H,46,62)(H,47,57)(H,48,63)(H,49,59)(H,51,58)(H,52,61)/t21-,22-,23-,28-,29-,30-,31-,35-,36-,67?/m0/s1. The third-order valence-electron chi connectivity index (χ3n) is 11.8. The summed E-state index contributed by atoms with van der Waals surface area (Å²) in [4.78, 5) is 126. The number of rotatable bonds is 13. The van der Waals surface area contributed by atoms with Crippen LogP contribution in [0.15, 0.2) is 23.2 Å². The number of amides is 9. The topological polar surface area (TPSA) is 356 Å². The molecule has 1 unspecified atom stereocenters. The lowest BCUT2D eigenvalue weighted by Gasteiger charge is -2.32. The number of ether oxygens (including phenoxy) is 1. The second-order valence-corrected chi connectivity index (χ2v) is 18.2. The molecule has 2 aliphatic rings. The predicted octanol–water partition coefficient (Wildman–Crippen LogP) is -3.17. The van der Waals surface area contributed by atoms with Crippen molar-refractivity contribution < 1.29 is 62.7 Å². The van der Waals surface area contributed by atoms with E-state index in [0.29, 0.717) is 35.2 Å². The summed E-state index contributed by atoms with van der Waals surface area (Å²) < 4.78 is 19.0. The molecule has 0 radical (unpaired) electrons. The number of nitrogens with one attached hydrogen (secondary N) is 8. The lowest BCUT2D eigenvalue weighted by atomic mass is 9.94. The minimum atomic E-state index is -1.68. The van der Waals surface area contributed by atoms with E-state index in [4.69, 9.17) is 10.5 Å². The first kappa shape index (κ1) is 53.6. The van der Waals surface area contributed by atoms with Crippen molar-refractivity contribution >= 4 is 75.2 Å². The number of nitrogens with zero attached hydrogens (tertiary/aromatic N) is 1. The molecule has 0 saturated carbocycles. The Morgan fingerprint density at radius 2 is 1.55 bits per heavy atom. The van der Waals surface area contributed by atoms with E-state index < -0.39 is 145 Å². The Morgan fingerprint density at radius 1 is 0.896 bits per heavy atom. The third-order valence-corrected chi connectivity index (χ3v) is 12.8. The molecule has 24 heteroatoms. The molecule has 0 aliphatic carbocycles. The van der Waals surface area contributed by atoms with Gasteiger partial charge in [0, 0.05) is 47.1 Å². The van der Waals surface area contributed by atoms with Crippen molar-refractivity contribution in [3.8, 4) is 5.75 Å². The van der Waals surface area contributed by atoms with Gasteiger partial charge in [-0.3, -0.25) is 43.2 Å². The van der Waals surface area contributed by atoms with Crippen molar-refractivity contribution in [2.75, 3.05) is 39.1 Å². The second kappa shape index (κ2) is 24.7. The monoisotopic (exact) mass is 960 g/mol. The molecule has 2 aliphatic heterocycles. The first-order valence-corrected chi connectivity index (χ1v) is 23.8. The number of carbonyl (C=O) groups is 9. The number of H-pyrrole nitrogens is 1. The normalized spacial score (nSPS) is 25.2. The van der Waals surface area contributed by atoms with Gasteiger partial charge < -0.3 is 72.3 Å². The van der Waals surface area contributed by atoms with E-state index in [-0.39, 0.29) is 30.8 Å². The number of aromatic amines is 1. The van der Waals surface area contributed by atoms with Crippen molar-refractivity contribution in [1.29, 1.82) is 0 Å². The summed E-state index contributed by atoms with van der Waals surface area (Å²) in [6, 6.07) is -3.58. The van der Waals surface area contributed by atoms with Crippen LogP contribution in [0.25, 0.3) is 10.9 Å². The first-order valence-electron chi connectivity index (χ1n) is 22.2. The molecule has 2 aromatic rings. The first-order chi connectivity index (χ1) is 31.7. The summed E-state index contributed by atoms with van der Waals surface area (Å²) in [7, 11) is 0. The number of aromatic nitrogens is 1. The fourth-order valence-corrected chi connectivity index (χ4v) is 8.56. The molecule has 1 aromatic carbocycles. The summed E-state index contributed by atoms with van der Waals surface area (Å²) >= 11 is -1.68. The van der Waals surface area contributed by atoms with Gasteiger partial charge in [0.05, 0.1) is 44.3 Å². The van der Waals surface area contributed by atoms with Crippen molar-refractivity contribution in [2.24, 2.45) is 17.6 Å². The predicted molar refractivity (Wildman–Crippen MR) is 242 cm³/mol. The summed E-state index contributed by atoms with van der Waals surface area (Å²) in [5.74, 6) is -9.21. The maximum absolute atomic E-state index is 14.5. The molecular formula is C43H64N10O13S. The van der Waals surface area contributed by atoms with E-state index in [1.165, 1.54) is 20.1 Å². The molecule has 23 nitrogen and oxygen atoms in total. The average Bonchev–Trinajstić information content (AvgIpc) is 3.93. The van der Waals surface area contributed by atoms with Crippen LogP contribution < -0.4 is 47.7 Å². The van der Waals surface area contributed by atoms with Gasteiger partial charge in [0.2, 0.25) is 58.2 Å². The van der Waals surface area contributed by atoms with Crippen LogP contribution in [0.1, 0.15) is 72.3 Å². The maximum Gasteiger partial charge on any atom is 0.246 e. The highest BCUT2D eigenvalue weighted by Gasteiger charge is 2.42. The Bertz CT molecular complexity index is 2150. The largest absolute Gasteiger partial charge is 0.610 e. The Kier molecular flexibility index (Phi) is 19.8. The van der Waals surface area contributed by atoms with Gasteiger partial charge in [0.25, 0.3) is 0 Å². The van der Waals surface area contributed by atoms with Gasteiger partial charge in [-0.05, 0) is 44.2 Å². The molecule has 67 heavy (non-hydrogen) atoms. The van der Waals surface area contributed by atoms with Crippen molar-refractivity contribution in [3.05, 3.63) is 23.8 Å². The molecule has 2 saturated heterocycles. The number of primary amides is 1. The highest BCUT2D eigenvalue weighted by Crippen LogP contribution is 2.30. The molecule has 12 N–H and O–H groups in total. The second-order valence-electron chi connectivity index (χ2n) is 16.9. The van der Waals surface area contributed by atoms with Crippen LogP contribution in [0.3, 0.4) is 0 Å². The lowest BCUT2D eigenvalue weighted by Crippen LogP contribution is -2.61. The molecule has 0 spiro atoms. The quantitative estimate of drug-likeness (QED) is 0.0885. The number of fused-ring (bicyclic) bond motifs is 2. The molecular weight excluding hydrogens is 897 g/mol. The van der Waals surface area contributed by atoms with Gasteiger partial charge in [0.15, 0.2) is 0 Å². The molecule has 9 amide bonds. The van der Waals surface area contributed by atoms with E-state index in [1.807, 2.05) is 6.92 Å². The summed E-state index contributed by atoms with van der Waals surface area (Å²) in [5.41, 5.74) is 6.30. The van der Waals surface area contributed by atoms with Crippen molar-refractivity contribution in [1.82, 2.24) is 47.1 Å². The fraction of sp³-hybridized carbons (Fsp3) is 0.605. The van der Waals surface area contributed by atoms with Crippen molar-refractivity contribution in [3.63, 3.8) is 0 Å². The minimum absolute atomic E-state index is 0.0227. The number of carbonyl (C=O) groups excluding carboxylic acids is 9.